The van der Waals surface area contributed by atoms with Crippen molar-refractivity contribution in [2.75, 3.05) is 11.9 Å². The molecule has 24 heavy (non-hydrogen) atoms. The number of benzene rings is 2. The number of anilines is 1. The SMILES string of the molecule is CCCCCCCOc1cccc(NC(=O)c2ccc(C)cc2)c1. The second-order valence-corrected chi connectivity index (χ2v) is 6.11. The Bertz CT molecular complexity index is 635. The molecule has 0 fully saturated rings. The predicted octanol–water partition coefficient (Wildman–Crippen LogP) is 5.60. The summed E-state index contributed by atoms with van der Waals surface area (Å²) in [5, 5.41) is 2.92. The second-order valence-electron chi connectivity index (χ2n) is 6.11. The Morgan fingerprint density at radius 3 is 2.50 bits per heavy atom. The number of carbonyl (C=O) groups excluding carboxylic acids is 1. The van der Waals surface area contributed by atoms with Crippen molar-refractivity contribution in [3.8, 4) is 5.75 Å². The van der Waals surface area contributed by atoms with Crippen LogP contribution >= 0.6 is 0 Å². The van der Waals surface area contributed by atoms with Crippen LogP contribution < -0.4 is 10.1 Å². The molecule has 1 amide bonds. The van der Waals surface area contributed by atoms with Crippen LogP contribution in [0.3, 0.4) is 0 Å². The number of nitrogens with one attached hydrogen (secondary N) is 1. The lowest BCUT2D eigenvalue weighted by molar-refractivity contribution is 0.102. The van der Waals surface area contributed by atoms with Gasteiger partial charge in [0.1, 0.15) is 5.75 Å². The van der Waals surface area contributed by atoms with Crippen LogP contribution in [0.15, 0.2) is 48.5 Å². The van der Waals surface area contributed by atoms with Gasteiger partial charge >= 0.3 is 0 Å². The Labute approximate surface area is 145 Å². The molecule has 3 heteroatoms. The molecule has 0 bridgehead atoms. The highest BCUT2D eigenvalue weighted by Crippen LogP contribution is 2.19. The largest absolute Gasteiger partial charge is 0.494 e. The minimum absolute atomic E-state index is 0.105. The van der Waals surface area contributed by atoms with E-state index in [9.17, 15) is 4.79 Å². The van der Waals surface area contributed by atoms with Crippen LogP contribution in [0.4, 0.5) is 5.69 Å². The predicted molar refractivity (Wildman–Crippen MR) is 99.8 cm³/mol. The van der Waals surface area contributed by atoms with Gasteiger partial charge in [-0.1, -0.05) is 56.4 Å². The first kappa shape index (κ1) is 18.1. The third kappa shape index (κ3) is 6.07. The van der Waals surface area contributed by atoms with Crippen LogP contribution in [0.25, 0.3) is 0 Å². The summed E-state index contributed by atoms with van der Waals surface area (Å²) in [7, 11) is 0. The van der Waals surface area contributed by atoms with Gasteiger partial charge in [0.15, 0.2) is 0 Å². The average molecular weight is 325 g/mol. The van der Waals surface area contributed by atoms with Crippen molar-refractivity contribution in [1.29, 1.82) is 0 Å². The van der Waals surface area contributed by atoms with Gasteiger partial charge < -0.3 is 10.1 Å². The van der Waals surface area contributed by atoms with E-state index in [0.29, 0.717) is 5.56 Å². The maximum Gasteiger partial charge on any atom is 0.255 e. The van der Waals surface area contributed by atoms with E-state index in [1.807, 2.05) is 55.5 Å². The third-order valence-corrected chi connectivity index (χ3v) is 3.92. The maximum absolute atomic E-state index is 12.2. The molecule has 0 atom stereocenters. The zero-order chi connectivity index (χ0) is 17.2. The fraction of sp³-hybridized carbons (Fsp3) is 0.381. The van der Waals surface area contributed by atoms with E-state index in [-0.39, 0.29) is 5.91 Å². The zero-order valence-corrected chi connectivity index (χ0v) is 14.7. The minimum Gasteiger partial charge on any atom is -0.494 e. The first-order valence-corrected chi connectivity index (χ1v) is 8.80. The fourth-order valence-corrected chi connectivity index (χ4v) is 2.47. The number of hydrogen-bond donors (Lipinski definition) is 1. The topological polar surface area (TPSA) is 38.3 Å². The molecule has 3 nitrogen and oxygen atoms in total. The summed E-state index contributed by atoms with van der Waals surface area (Å²) >= 11 is 0. The average Bonchev–Trinajstić information content (AvgIpc) is 2.59. The molecule has 2 aromatic rings. The Morgan fingerprint density at radius 2 is 1.75 bits per heavy atom. The normalized spacial score (nSPS) is 10.4. The third-order valence-electron chi connectivity index (χ3n) is 3.92. The van der Waals surface area contributed by atoms with Crippen LogP contribution in [0.2, 0.25) is 0 Å². The van der Waals surface area contributed by atoms with Crippen LogP contribution in [0.1, 0.15) is 54.9 Å². The van der Waals surface area contributed by atoms with Gasteiger partial charge in [-0.3, -0.25) is 4.79 Å². The molecule has 0 heterocycles. The molecule has 0 aliphatic rings. The van der Waals surface area contributed by atoms with E-state index in [2.05, 4.69) is 12.2 Å². The molecule has 128 valence electrons. The minimum atomic E-state index is -0.105. The monoisotopic (exact) mass is 325 g/mol. The Balaban J connectivity index is 1.83. The fourth-order valence-electron chi connectivity index (χ4n) is 2.47. The lowest BCUT2D eigenvalue weighted by Crippen LogP contribution is -2.11. The van der Waals surface area contributed by atoms with Gasteiger partial charge in [0.2, 0.25) is 0 Å². The lowest BCUT2D eigenvalue weighted by Gasteiger charge is -2.09. The van der Waals surface area contributed by atoms with Gasteiger partial charge in [-0.2, -0.15) is 0 Å². The molecule has 2 aromatic carbocycles. The zero-order valence-electron chi connectivity index (χ0n) is 14.7. The smallest absolute Gasteiger partial charge is 0.255 e. The number of hydrogen-bond acceptors (Lipinski definition) is 2. The number of rotatable bonds is 9. The first-order valence-electron chi connectivity index (χ1n) is 8.80. The van der Waals surface area contributed by atoms with E-state index in [1.54, 1.807) is 0 Å². The van der Waals surface area contributed by atoms with Crippen molar-refractivity contribution in [1.82, 2.24) is 0 Å². The van der Waals surface area contributed by atoms with E-state index < -0.39 is 0 Å². The van der Waals surface area contributed by atoms with Crippen molar-refractivity contribution in [3.05, 3.63) is 59.7 Å². The summed E-state index contributed by atoms with van der Waals surface area (Å²) in [4.78, 5) is 12.2. The molecular weight excluding hydrogens is 298 g/mol. The molecule has 0 aliphatic carbocycles. The summed E-state index contributed by atoms with van der Waals surface area (Å²) in [6.45, 7) is 4.94. The molecule has 0 spiro atoms. The lowest BCUT2D eigenvalue weighted by atomic mass is 10.1. The maximum atomic E-state index is 12.2. The first-order chi connectivity index (χ1) is 11.7. The second kappa shape index (κ2) is 9.76. The molecule has 0 radical (unpaired) electrons. The number of ether oxygens (including phenoxy) is 1. The van der Waals surface area contributed by atoms with Crippen molar-refractivity contribution in [2.24, 2.45) is 0 Å². The van der Waals surface area contributed by atoms with E-state index in [0.717, 1.165) is 30.0 Å². The van der Waals surface area contributed by atoms with E-state index >= 15 is 0 Å². The Morgan fingerprint density at radius 1 is 1.00 bits per heavy atom. The number of amides is 1. The molecule has 0 aliphatic heterocycles. The van der Waals surface area contributed by atoms with Crippen molar-refractivity contribution < 1.29 is 9.53 Å². The van der Waals surface area contributed by atoms with Crippen molar-refractivity contribution in [2.45, 2.75) is 46.0 Å². The van der Waals surface area contributed by atoms with Gasteiger partial charge in [0.25, 0.3) is 5.91 Å². The summed E-state index contributed by atoms with van der Waals surface area (Å²) in [5.41, 5.74) is 2.55. The summed E-state index contributed by atoms with van der Waals surface area (Å²) in [5.74, 6) is 0.693. The van der Waals surface area contributed by atoms with Crippen molar-refractivity contribution >= 4 is 11.6 Å². The van der Waals surface area contributed by atoms with Gasteiger partial charge in [-0.25, -0.2) is 0 Å². The highest BCUT2D eigenvalue weighted by molar-refractivity contribution is 6.04. The number of aryl methyl sites for hydroxylation is 1. The molecule has 0 unspecified atom stereocenters. The summed E-state index contributed by atoms with van der Waals surface area (Å²) < 4.78 is 5.78. The van der Waals surface area contributed by atoms with Gasteiger partial charge in [-0.15, -0.1) is 0 Å². The van der Waals surface area contributed by atoms with E-state index in [1.165, 1.54) is 25.7 Å². The van der Waals surface area contributed by atoms with Crippen LogP contribution in [-0.2, 0) is 0 Å². The Hall–Kier alpha value is -2.29. The molecule has 0 aromatic heterocycles. The molecule has 0 saturated heterocycles. The molecule has 1 N–H and O–H groups in total. The number of carbonyl (C=O) groups is 1. The summed E-state index contributed by atoms with van der Waals surface area (Å²) in [6, 6.07) is 15.1. The van der Waals surface area contributed by atoms with E-state index in [4.69, 9.17) is 4.74 Å². The van der Waals surface area contributed by atoms with Gasteiger partial charge in [0, 0.05) is 17.3 Å². The van der Waals surface area contributed by atoms with Crippen LogP contribution in [0, 0.1) is 6.92 Å². The summed E-state index contributed by atoms with van der Waals surface area (Å²) in [6.07, 6.45) is 6.09. The molecule has 2 rings (SSSR count). The van der Waals surface area contributed by atoms with Crippen LogP contribution in [0.5, 0.6) is 5.75 Å². The van der Waals surface area contributed by atoms with Crippen molar-refractivity contribution in [3.63, 3.8) is 0 Å². The van der Waals surface area contributed by atoms with Gasteiger partial charge in [-0.05, 0) is 37.6 Å². The molecular formula is C21H27NO2. The highest BCUT2D eigenvalue weighted by Gasteiger charge is 2.06. The van der Waals surface area contributed by atoms with Gasteiger partial charge in [0.05, 0.1) is 6.61 Å². The highest BCUT2D eigenvalue weighted by atomic mass is 16.5. The standard InChI is InChI=1S/C21H27NO2/c1-3-4-5-6-7-15-24-20-10-8-9-19(16-20)22-21(23)18-13-11-17(2)12-14-18/h8-14,16H,3-7,15H2,1-2H3,(H,22,23). The molecule has 0 saturated carbocycles. The van der Waals surface area contributed by atoms with Crippen LogP contribution in [-0.4, -0.2) is 12.5 Å². The number of unbranched alkanes of at least 4 members (excludes halogenated alkanes) is 4. The quantitative estimate of drug-likeness (QED) is 0.610. The Kier molecular flexibility index (Phi) is 7.34.